The van der Waals surface area contributed by atoms with E-state index in [1.807, 2.05) is 6.07 Å². The van der Waals surface area contributed by atoms with Gasteiger partial charge in [0.1, 0.15) is 5.41 Å². The summed E-state index contributed by atoms with van der Waals surface area (Å²) in [6, 6.07) is 8.12. The first-order chi connectivity index (χ1) is 11.9. The highest BCUT2D eigenvalue weighted by Gasteiger charge is 2.62. The Labute approximate surface area is 144 Å². The monoisotopic (exact) mass is 339 g/mol. The largest absolute Gasteiger partial charge is 0.481 e. The number of amides is 2. The number of carboxylic acid groups (broad SMARTS) is 1. The van der Waals surface area contributed by atoms with Gasteiger partial charge in [-0.3, -0.25) is 14.4 Å². The molecule has 1 N–H and O–H groups in total. The lowest BCUT2D eigenvalue weighted by Gasteiger charge is -2.24. The highest BCUT2D eigenvalue weighted by molar-refractivity contribution is 5.98. The van der Waals surface area contributed by atoms with Gasteiger partial charge in [0, 0.05) is 31.7 Å². The number of carboxylic acids is 1. The Kier molecular flexibility index (Phi) is 4.05. The summed E-state index contributed by atoms with van der Waals surface area (Å²) in [7, 11) is 0. The molecule has 1 aromatic rings. The molecule has 3 rings (SSSR count). The van der Waals surface area contributed by atoms with Crippen molar-refractivity contribution in [1.82, 2.24) is 9.80 Å². The summed E-state index contributed by atoms with van der Waals surface area (Å²) in [5, 5.41) is 18.6. The van der Waals surface area contributed by atoms with Crippen LogP contribution in [0.4, 0.5) is 0 Å². The molecule has 128 valence electrons. The molecule has 1 aromatic carbocycles. The highest BCUT2D eigenvalue weighted by atomic mass is 16.4. The number of likely N-dealkylation sites (tertiary alicyclic amines) is 2. The first-order valence-electron chi connectivity index (χ1n) is 7.85. The van der Waals surface area contributed by atoms with Crippen molar-refractivity contribution in [3.63, 3.8) is 0 Å². The van der Waals surface area contributed by atoms with Gasteiger partial charge in [-0.2, -0.15) is 5.26 Å². The van der Waals surface area contributed by atoms with Crippen LogP contribution in [0.3, 0.4) is 0 Å². The molecule has 2 fully saturated rings. The number of nitriles is 1. The van der Waals surface area contributed by atoms with Gasteiger partial charge in [0.25, 0.3) is 5.91 Å². The lowest BCUT2D eigenvalue weighted by molar-refractivity contribution is -0.149. The summed E-state index contributed by atoms with van der Waals surface area (Å²) in [6.45, 7) is 4.04. The maximum Gasteiger partial charge on any atom is 0.314 e. The maximum atomic E-state index is 12.7. The van der Waals surface area contributed by atoms with Crippen LogP contribution in [-0.2, 0) is 9.59 Å². The summed E-state index contributed by atoms with van der Waals surface area (Å²) >= 11 is 0. The van der Waals surface area contributed by atoms with E-state index < -0.39 is 17.3 Å². The Morgan fingerprint density at radius 2 is 2.04 bits per heavy atom. The summed E-state index contributed by atoms with van der Waals surface area (Å²) in [5.74, 6) is -2.39. The summed E-state index contributed by atoms with van der Waals surface area (Å²) < 4.78 is 0. The summed E-state index contributed by atoms with van der Waals surface area (Å²) in [6.07, 6.45) is 1.56. The van der Waals surface area contributed by atoms with E-state index in [1.165, 1.54) is 34.1 Å². The van der Waals surface area contributed by atoms with Gasteiger partial charge < -0.3 is 14.9 Å². The summed E-state index contributed by atoms with van der Waals surface area (Å²) in [4.78, 5) is 40.0. The van der Waals surface area contributed by atoms with Gasteiger partial charge in [0.15, 0.2) is 0 Å². The van der Waals surface area contributed by atoms with Crippen LogP contribution in [0.15, 0.2) is 36.9 Å². The molecule has 2 saturated heterocycles. The van der Waals surface area contributed by atoms with Crippen molar-refractivity contribution >= 4 is 17.8 Å². The minimum Gasteiger partial charge on any atom is -0.481 e. The lowest BCUT2D eigenvalue weighted by atomic mass is 9.81. The molecule has 0 spiro atoms. The van der Waals surface area contributed by atoms with Crippen molar-refractivity contribution in [2.24, 2.45) is 11.3 Å². The molecule has 2 heterocycles. The van der Waals surface area contributed by atoms with Gasteiger partial charge in [-0.15, -0.1) is 6.58 Å². The van der Waals surface area contributed by atoms with Crippen LogP contribution in [0.1, 0.15) is 15.9 Å². The Morgan fingerprint density at radius 3 is 2.56 bits per heavy atom. The van der Waals surface area contributed by atoms with Crippen molar-refractivity contribution in [2.45, 2.75) is 0 Å². The molecule has 2 aliphatic rings. The molecule has 0 aromatic heterocycles. The fourth-order valence-electron chi connectivity index (χ4n) is 3.64. The molecule has 2 amide bonds. The molecule has 0 saturated carbocycles. The third-order valence-electron chi connectivity index (χ3n) is 4.95. The number of benzene rings is 1. The standard InChI is InChI=1S/C18H17N3O4/c1-2-7-20-10-18(17(24)25)11-21(9-14(18)16(20)23)15(22)13-5-3-12(8-19)4-6-13/h2-6,14H,1,7,9-11H2,(H,24,25)/t14-,18+/m0/s1. The molecule has 7 heteroatoms. The zero-order valence-electron chi connectivity index (χ0n) is 13.5. The molecule has 7 nitrogen and oxygen atoms in total. The third kappa shape index (κ3) is 2.56. The van der Waals surface area contributed by atoms with Crippen LogP contribution >= 0.6 is 0 Å². The number of carbonyl (C=O) groups excluding carboxylic acids is 2. The van der Waals surface area contributed by atoms with Crippen LogP contribution in [-0.4, -0.2) is 58.9 Å². The second-order valence-corrected chi connectivity index (χ2v) is 6.40. The molecule has 2 aliphatic heterocycles. The minimum absolute atomic E-state index is 0.00871. The Balaban J connectivity index is 1.85. The molecule has 0 bridgehead atoms. The molecule has 0 aliphatic carbocycles. The smallest absolute Gasteiger partial charge is 0.314 e. The second-order valence-electron chi connectivity index (χ2n) is 6.40. The predicted octanol–water partition coefficient (Wildman–Crippen LogP) is 0.729. The Hall–Kier alpha value is -3.14. The van der Waals surface area contributed by atoms with E-state index in [0.717, 1.165) is 0 Å². The van der Waals surface area contributed by atoms with Crippen LogP contribution in [0.2, 0.25) is 0 Å². The average Bonchev–Trinajstić information content (AvgIpc) is 3.11. The first-order valence-corrected chi connectivity index (χ1v) is 7.85. The van der Waals surface area contributed by atoms with E-state index in [4.69, 9.17) is 5.26 Å². The number of aliphatic carboxylic acids is 1. The number of rotatable bonds is 4. The predicted molar refractivity (Wildman–Crippen MR) is 87.4 cm³/mol. The van der Waals surface area contributed by atoms with Gasteiger partial charge in [-0.1, -0.05) is 6.08 Å². The van der Waals surface area contributed by atoms with Crippen molar-refractivity contribution in [1.29, 1.82) is 5.26 Å². The Morgan fingerprint density at radius 1 is 1.36 bits per heavy atom. The van der Waals surface area contributed by atoms with E-state index in [0.29, 0.717) is 17.7 Å². The van der Waals surface area contributed by atoms with Gasteiger partial charge in [0.2, 0.25) is 5.91 Å². The molecule has 0 radical (unpaired) electrons. The normalized spacial score (nSPS) is 24.8. The van der Waals surface area contributed by atoms with Crippen LogP contribution in [0.5, 0.6) is 0 Å². The van der Waals surface area contributed by atoms with Crippen LogP contribution in [0.25, 0.3) is 0 Å². The lowest BCUT2D eigenvalue weighted by Crippen LogP contribution is -2.42. The first kappa shape index (κ1) is 16.7. The number of carbonyl (C=O) groups is 3. The quantitative estimate of drug-likeness (QED) is 0.815. The van der Waals surface area contributed by atoms with Crippen LogP contribution in [0, 0.1) is 22.7 Å². The van der Waals surface area contributed by atoms with E-state index in [2.05, 4.69) is 6.58 Å². The molecular formula is C18H17N3O4. The third-order valence-corrected chi connectivity index (χ3v) is 4.95. The zero-order valence-corrected chi connectivity index (χ0v) is 13.5. The zero-order chi connectivity index (χ0) is 18.2. The van der Waals surface area contributed by atoms with Crippen molar-refractivity contribution in [3.8, 4) is 6.07 Å². The molecule has 25 heavy (non-hydrogen) atoms. The average molecular weight is 339 g/mol. The minimum atomic E-state index is -1.28. The van der Waals surface area contributed by atoms with Gasteiger partial charge in [-0.25, -0.2) is 0 Å². The van der Waals surface area contributed by atoms with Gasteiger partial charge in [-0.05, 0) is 24.3 Å². The van der Waals surface area contributed by atoms with Crippen molar-refractivity contribution < 1.29 is 19.5 Å². The number of nitrogens with zero attached hydrogens (tertiary/aromatic N) is 3. The summed E-state index contributed by atoms with van der Waals surface area (Å²) in [5.41, 5.74) is -0.468. The van der Waals surface area contributed by atoms with Crippen molar-refractivity contribution in [2.75, 3.05) is 26.2 Å². The molecule has 2 atom stereocenters. The fourth-order valence-corrected chi connectivity index (χ4v) is 3.64. The van der Waals surface area contributed by atoms with Gasteiger partial charge in [0.05, 0.1) is 17.6 Å². The van der Waals surface area contributed by atoms with Gasteiger partial charge >= 0.3 is 5.97 Å². The number of fused-ring (bicyclic) bond motifs is 1. The van der Waals surface area contributed by atoms with Crippen LogP contribution < -0.4 is 0 Å². The fraction of sp³-hybridized carbons (Fsp3) is 0.333. The molecule has 0 unspecified atom stereocenters. The highest BCUT2D eigenvalue weighted by Crippen LogP contribution is 2.44. The van der Waals surface area contributed by atoms with Crippen molar-refractivity contribution in [3.05, 3.63) is 48.0 Å². The SMILES string of the molecule is C=CCN1C[C@@]2(C(=O)O)CN(C(=O)c3ccc(C#N)cc3)C[C@H]2C1=O. The maximum absolute atomic E-state index is 12.7. The topological polar surface area (TPSA) is 102 Å². The number of hydrogen-bond donors (Lipinski definition) is 1. The van der Waals surface area contributed by atoms with E-state index >= 15 is 0 Å². The van der Waals surface area contributed by atoms with E-state index in [-0.39, 0.29) is 31.4 Å². The van der Waals surface area contributed by atoms with E-state index in [9.17, 15) is 19.5 Å². The number of hydrogen-bond acceptors (Lipinski definition) is 4. The Bertz CT molecular complexity index is 796. The van der Waals surface area contributed by atoms with E-state index in [1.54, 1.807) is 6.08 Å². The second kappa shape index (κ2) is 6.06. The molecular weight excluding hydrogens is 322 g/mol.